The summed E-state index contributed by atoms with van der Waals surface area (Å²) in [5.41, 5.74) is 1.88. The molecule has 122 valence electrons. The third-order valence-corrected chi connectivity index (χ3v) is 3.34. The molecule has 6 nitrogen and oxygen atoms in total. The lowest BCUT2D eigenvalue weighted by Gasteiger charge is -2.10. The Morgan fingerprint density at radius 3 is 2.91 bits per heavy atom. The Bertz CT molecular complexity index is 616. The molecule has 0 fully saturated rings. The van der Waals surface area contributed by atoms with E-state index < -0.39 is 0 Å². The van der Waals surface area contributed by atoms with Crippen LogP contribution >= 0.6 is 39.9 Å². The van der Waals surface area contributed by atoms with E-state index in [-0.39, 0.29) is 24.0 Å². The smallest absolute Gasteiger partial charge is 0.191 e. The van der Waals surface area contributed by atoms with E-state index in [4.69, 9.17) is 4.74 Å². The summed E-state index contributed by atoms with van der Waals surface area (Å²) in [6.07, 6.45) is 3.99. The molecule has 8 heteroatoms. The first-order valence-corrected chi connectivity index (χ1v) is 7.67. The molecule has 0 spiro atoms. The molecular weight excluding hydrogens is 461 g/mol. The van der Waals surface area contributed by atoms with Gasteiger partial charge in [0.05, 0.1) is 18.8 Å². The number of aliphatic imine (C=N–C) groups is 1. The molecule has 0 atom stereocenters. The summed E-state index contributed by atoms with van der Waals surface area (Å²) in [5, 5.41) is 6.42. The first kappa shape index (κ1) is 19.2. The zero-order valence-electron chi connectivity index (χ0n) is 12.7. The standard InChI is InChI=1S/C14H20BrN5O.HI/c1-3-21-7-6-17-14(16-2)18-8-12-10-20-9-11(15)4-5-13(20)19-12;/h4-5,9-10H,3,6-8H2,1-2H3,(H2,16,17,18);1H. The second-order valence-electron chi connectivity index (χ2n) is 4.39. The van der Waals surface area contributed by atoms with Gasteiger partial charge in [-0.3, -0.25) is 4.99 Å². The van der Waals surface area contributed by atoms with Gasteiger partial charge in [0.2, 0.25) is 0 Å². The van der Waals surface area contributed by atoms with E-state index in [0.717, 1.165) is 34.9 Å². The summed E-state index contributed by atoms with van der Waals surface area (Å²) in [5.74, 6) is 0.743. The summed E-state index contributed by atoms with van der Waals surface area (Å²) in [4.78, 5) is 8.71. The summed E-state index contributed by atoms with van der Waals surface area (Å²) in [6.45, 7) is 4.72. The largest absolute Gasteiger partial charge is 0.380 e. The average molecular weight is 482 g/mol. The van der Waals surface area contributed by atoms with Gasteiger partial charge >= 0.3 is 0 Å². The van der Waals surface area contributed by atoms with Crippen molar-refractivity contribution in [2.45, 2.75) is 13.5 Å². The van der Waals surface area contributed by atoms with E-state index in [0.29, 0.717) is 13.2 Å². The molecule has 0 aromatic carbocycles. The summed E-state index contributed by atoms with van der Waals surface area (Å²) < 4.78 is 8.30. The van der Waals surface area contributed by atoms with Gasteiger partial charge < -0.3 is 19.8 Å². The highest BCUT2D eigenvalue weighted by Crippen LogP contribution is 2.12. The van der Waals surface area contributed by atoms with Crippen molar-refractivity contribution < 1.29 is 4.74 Å². The molecule has 0 bridgehead atoms. The summed E-state index contributed by atoms with van der Waals surface area (Å²) in [7, 11) is 1.75. The van der Waals surface area contributed by atoms with Gasteiger partial charge in [-0.2, -0.15) is 0 Å². The van der Waals surface area contributed by atoms with Gasteiger partial charge in [0.25, 0.3) is 0 Å². The van der Waals surface area contributed by atoms with Gasteiger partial charge in [-0.15, -0.1) is 24.0 Å². The van der Waals surface area contributed by atoms with E-state index in [1.165, 1.54) is 0 Å². The van der Waals surface area contributed by atoms with Gasteiger partial charge in [-0.1, -0.05) is 0 Å². The molecule has 0 aliphatic heterocycles. The number of ether oxygens (including phenoxy) is 1. The maximum absolute atomic E-state index is 5.28. The normalized spacial score (nSPS) is 11.3. The Hall–Kier alpha value is -0.870. The second-order valence-corrected chi connectivity index (χ2v) is 5.31. The molecule has 0 saturated carbocycles. The lowest BCUT2D eigenvalue weighted by Crippen LogP contribution is -2.38. The van der Waals surface area contributed by atoms with Gasteiger partial charge in [0.1, 0.15) is 5.65 Å². The van der Waals surface area contributed by atoms with Crippen LogP contribution in [0.1, 0.15) is 12.6 Å². The highest BCUT2D eigenvalue weighted by molar-refractivity contribution is 14.0. The highest BCUT2D eigenvalue weighted by atomic mass is 127. The van der Waals surface area contributed by atoms with E-state index >= 15 is 0 Å². The summed E-state index contributed by atoms with van der Waals surface area (Å²) in [6, 6.07) is 3.95. The lowest BCUT2D eigenvalue weighted by atomic mass is 10.5. The lowest BCUT2D eigenvalue weighted by molar-refractivity contribution is 0.152. The van der Waals surface area contributed by atoms with Crippen LogP contribution < -0.4 is 10.6 Å². The minimum absolute atomic E-state index is 0. The fraction of sp³-hybridized carbons (Fsp3) is 0.429. The zero-order valence-corrected chi connectivity index (χ0v) is 16.6. The molecule has 2 aromatic heterocycles. The van der Waals surface area contributed by atoms with Gasteiger partial charge in [0, 0.05) is 37.1 Å². The number of imidazole rings is 1. The molecule has 0 aliphatic carbocycles. The number of fused-ring (bicyclic) bond motifs is 1. The second kappa shape index (κ2) is 10.0. The molecular formula is C14H21BrIN5O. The Morgan fingerprint density at radius 2 is 2.18 bits per heavy atom. The Kier molecular flexibility index (Phi) is 8.72. The number of nitrogens with zero attached hydrogens (tertiary/aromatic N) is 3. The molecule has 0 radical (unpaired) electrons. The van der Waals surface area contributed by atoms with Crippen LogP contribution in [-0.4, -0.2) is 42.2 Å². The topological polar surface area (TPSA) is 63.0 Å². The number of guanidine groups is 1. The van der Waals surface area contributed by atoms with Crippen LogP contribution in [0.2, 0.25) is 0 Å². The van der Waals surface area contributed by atoms with Gasteiger partial charge in [-0.25, -0.2) is 4.98 Å². The van der Waals surface area contributed by atoms with Crippen LogP contribution in [0.5, 0.6) is 0 Å². The number of nitrogens with one attached hydrogen (secondary N) is 2. The van der Waals surface area contributed by atoms with Crippen LogP contribution in [0, 0.1) is 0 Å². The zero-order chi connectivity index (χ0) is 15.1. The minimum Gasteiger partial charge on any atom is -0.380 e. The predicted octanol–water partition coefficient (Wildman–Crippen LogP) is 2.42. The SMILES string of the molecule is CCOCCNC(=NC)NCc1cn2cc(Br)ccc2n1.I. The fourth-order valence-electron chi connectivity index (χ4n) is 1.88. The molecule has 2 aromatic rings. The van der Waals surface area contributed by atoms with Crippen LogP contribution in [0.4, 0.5) is 0 Å². The van der Waals surface area contributed by atoms with Crippen LogP contribution in [0.3, 0.4) is 0 Å². The number of aromatic nitrogens is 2. The van der Waals surface area contributed by atoms with Crippen molar-refractivity contribution in [1.29, 1.82) is 0 Å². The van der Waals surface area contributed by atoms with E-state index in [9.17, 15) is 0 Å². The number of hydrogen-bond donors (Lipinski definition) is 2. The van der Waals surface area contributed by atoms with Gasteiger partial charge in [0.15, 0.2) is 5.96 Å². The number of hydrogen-bond acceptors (Lipinski definition) is 3. The van der Waals surface area contributed by atoms with Crippen molar-refractivity contribution in [2.75, 3.05) is 26.8 Å². The van der Waals surface area contributed by atoms with Crippen molar-refractivity contribution in [3.63, 3.8) is 0 Å². The van der Waals surface area contributed by atoms with E-state index in [2.05, 4.69) is 36.5 Å². The Morgan fingerprint density at radius 1 is 1.36 bits per heavy atom. The monoisotopic (exact) mass is 481 g/mol. The maximum atomic E-state index is 5.28. The van der Waals surface area contributed by atoms with E-state index in [1.807, 2.05) is 35.9 Å². The minimum atomic E-state index is 0. The Labute approximate surface area is 155 Å². The Balaban J connectivity index is 0.00000242. The molecule has 2 rings (SSSR count). The molecule has 2 heterocycles. The number of rotatable bonds is 6. The maximum Gasteiger partial charge on any atom is 0.191 e. The molecule has 0 saturated heterocycles. The first-order chi connectivity index (χ1) is 10.2. The van der Waals surface area contributed by atoms with Crippen LogP contribution in [-0.2, 0) is 11.3 Å². The molecule has 2 N–H and O–H groups in total. The number of pyridine rings is 1. The highest BCUT2D eigenvalue weighted by Gasteiger charge is 2.03. The van der Waals surface area contributed by atoms with Crippen molar-refractivity contribution in [3.8, 4) is 0 Å². The van der Waals surface area contributed by atoms with Crippen molar-refractivity contribution in [1.82, 2.24) is 20.0 Å². The molecule has 0 aliphatic rings. The molecule has 22 heavy (non-hydrogen) atoms. The predicted molar refractivity (Wildman–Crippen MR) is 103 cm³/mol. The van der Waals surface area contributed by atoms with Gasteiger partial charge in [-0.05, 0) is 35.0 Å². The fourth-order valence-corrected chi connectivity index (χ4v) is 2.24. The third kappa shape index (κ3) is 5.73. The van der Waals surface area contributed by atoms with Crippen molar-refractivity contribution in [3.05, 3.63) is 34.7 Å². The average Bonchev–Trinajstić information content (AvgIpc) is 2.88. The quantitative estimate of drug-likeness (QED) is 0.288. The molecule has 0 amide bonds. The molecule has 0 unspecified atom stereocenters. The number of halogens is 2. The first-order valence-electron chi connectivity index (χ1n) is 6.88. The van der Waals surface area contributed by atoms with E-state index in [1.54, 1.807) is 7.05 Å². The third-order valence-electron chi connectivity index (χ3n) is 2.87. The van der Waals surface area contributed by atoms with Crippen LogP contribution in [0.25, 0.3) is 5.65 Å². The van der Waals surface area contributed by atoms with Crippen molar-refractivity contribution >= 4 is 51.5 Å². The van der Waals surface area contributed by atoms with Crippen molar-refractivity contribution in [2.24, 2.45) is 4.99 Å². The van der Waals surface area contributed by atoms with Crippen LogP contribution in [0.15, 0.2) is 34.0 Å². The summed E-state index contributed by atoms with van der Waals surface area (Å²) >= 11 is 3.45.